The number of aryl methyl sites for hydroxylation is 1. The van der Waals surface area contributed by atoms with Gasteiger partial charge in [-0.15, -0.1) is 11.3 Å². The minimum atomic E-state index is -1.08. The number of benzene rings is 3. The van der Waals surface area contributed by atoms with Gasteiger partial charge in [-0.05, 0) is 152 Å². The first-order valence-corrected chi connectivity index (χ1v) is 18.7. The van der Waals surface area contributed by atoms with E-state index in [4.69, 9.17) is 18.9 Å². The number of carbonyl (C=O) groups excluding carboxylic acids is 4. The Morgan fingerprint density at radius 3 is 1.95 bits per heavy atom. The molecule has 1 heterocycles. The zero-order valence-electron chi connectivity index (χ0n) is 31.9. The average Bonchev–Trinajstić information content (AvgIpc) is 3.64. The second kappa shape index (κ2) is 15.7. The van der Waals surface area contributed by atoms with Crippen LogP contribution in [0.2, 0.25) is 0 Å². The number of phenols is 1. The molecule has 1 aliphatic carbocycles. The molecule has 0 spiro atoms. The number of ketones is 1. The predicted octanol–water partition coefficient (Wildman–Crippen LogP) is 9.07. The summed E-state index contributed by atoms with van der Waals surface area (Å²) in [5.41, 5.74) is 4.68. The van der Waals surface area contributed by atoms with Crippen molar-refractivity contribution < 1.29 is 53.1 Å². The number of carbonyl (C=O) groups is 5. The highest BCUT2D eigenvalue weighted by atomic mass is 79.9. The minimum Gasteiger partial charge on any atom is -0.506 e. The number of rotatable bonds is 9. The molecule has 0 fully saturated rings. The number of esters is 3. The Morgan fingerprint density at radius 2 is 1.35 bits per heavy atom. The maximum Gasteiger partial charge on any atom is 0.347 e. The van der Waals surface area contributed by atoms with Gasteiger partial charge in [0.2, 0.25) is 0 Å². The molecular weight excluding hydrogens is 792 g/mol. The molecule has 1 unspecified atom stereocenters. The highest BCUT2D eigenvalue weighted by Gasteiger charge is 2.34. The van der Waals surface area contributed by atoms with Crippen molar-refractivity contribution in [2.75, 3.05) is 7.11 Å². The van der Waals surface area contributed by atoms with Crippen LogP contribution in [-0.4, -0.2) is 47.0 Å². The highest BCUT2D eigenvalue weighted by molar-refractivity contribution is 9.10. The molecular formula is C42H39BrO11S. The van der Waals surface area contributed by atoms with Gasteiger partial charge in [-0.1, -0.05) is 6.07 Å². The molecule has 13 heteroatoms. The number of carboxylic acid groups (broad SMARTS) is 1. The Morgan fingerprint density at radius 1 is 0.745 bits per heavy atom. The van der Waals surface area contributed by atoms with E-state index in [1.807, 2.05) is 17.5 Å². The van der Waals surface area contributed by atoms with Gasteiger partial charge in [0.15, 0.2) is 11.5 Å². The van der Waals surface area contributed by atoms with Crippen LogP contribution in [-0.2, 0) is 14.3 Å². The second-order valence-electron chi connectivity index (χ2n) is 13.3. The molecule has 1 atom stereocenters. The first kappa shape index (κ1) is 40.7. The van der Waals surface area contributed by atoms with Gasteiger partial charge in [0.25, 0.3) is 0 Å². The molecule has 0 amide bonds. The standard InChI is InChI=1S/C42H39BrO11S/c1-17-14-26(44)16-28(51-10)31(17)41(49)54-38-24(8)22(6)34(36(45)35(38)43)42(50)52-27-15-18(2)30(20(4)19(27)3)40(48)53-37-23(7)21(5)32(39(46)47)25(9)33(37)29-12-11-13-55-29/h11-16,31,45H,1-10H3,(H,46,47). The summed E-state index contributed by atoms with van der Waals surface area (Å²) in [7, 11) is 1.34. The average molecular weight is 832 g/mol. The number of aromatic hydroxyl groups is 1. The number of methoxy groups -OCH3 is 1. The summed E-state index contributed by atoms with van der Waals surface area (Å²) in [5.74, 6) is -4.75. The van der Waals surface area contributed by atoms with Crippen molar-refractivity contribution in [1.29, 1.82) is 0 Å². The van der Waals surface area contributed by atoms with E-state index in [1.54, 1.807) is 62.3 Å². The van der Waals surface area contributed by atoms with Gasteiger partial charge in [-0.2, -0.15) is 0 Å². The second-order valence-corrected chi connectivity index (χ2v) is 15.1. The van der Waals surface area contributed by atoms with Crippen LogP contribution in [0.4, 0.5) is 0 Å². The van der Waals surface area contributed by atoms with Crippen molar-refractivity contribution in [2.24, 2.45) is 5.92 Å². The maximum atomic E-state index is 14.0. The third-order valence-electron chi connectivity index (χ3n) is 10.1. The molecule has 0 saturated heterocycles. The lowest BCUT2D eigenvalue weighted by Gasteiger charge is -2.23. The minimum absolute atomic E-state index is 0.0251. The number of allylic oxidation sites excluding steroid dienone is 2. The van der Waals surface area contributed by atoms with Crippen LogP contribution in [0.1, 0.15) is 82.5 Å². The number of carboxylic acids is 1. The lowest BCUT2D eigenvalue weighted by Crippen LogP contribution is -2.28. The van der Waals surface area contributed by atoms with Crippen LogP contribution in [0, 0.1) is 61.3 Å². The van der Waals surface area contributed by atoms with Crippen LogP contribution < -0.4 is 14.2 Å². The molecule has 0 radical (unpaired) electrons. The van der Waals surface area contributed by atoms with Gasteiger partial charge in [0.1, 0.15) is 39.0 Å². The summed E-state index contributed by atoms with van der Waals surface area (Å²) in [4.78, 5) is 66.0. The van der Waals surface area contributed by atoms with Crippen LogP contribution in [0.3, 0.4) is 0 Å². The van der Waals surface area contributed by atoms with Crippen LogP contribution in [0.25, 0.3) is 10.4 Å². The fraction of sp³-hybridized carbons (Fsp3) is 0.262. The third kappa shape index (κ3) is 7.33. The van der Waals surface area contributed by atoms with E-state index in [0.717, 1.165) is 4.88 Å². The normalized spacial score (nSPS) is 13.9. The Labute approximate surface area is 330 Å². The van der Waals surface area contributed by atoms with Gasteiger partial charge in [0.05, 0.1) is 18.2 Å². The number of hydrogen-bond donors (Lipinski definition) is 2. The summed E-state index contributed by atoms with van der Waals surface area (Å²) in [5, 5.41) is 23.1. The molecule has 0 bridgehead atoms. The number of thiophene rings is 1. The quantitative estimate of drug-likeness (QED) is 0.122. The van der Waals surface area contributed by atoms with Gasteiger partial charge >= 0.3 is 23.9 Å². The molecule has 11 nitrogen and oxygen atoms in total. The van der Waals surface area contributed by atoms with Crippen molar-refractivity contribution in [1.82, 2.24) is 0 Å². The lowest BCUT2D eigenvalue weighted by molar-refractivity contribution is -0.137. The molecule has 286 valence electrons. The van der Waals surface area contributed by atoms with E-state index in [0.29, 0.717) is 50.1 Å². The Hall–Kier alpha value is -5.53. The predicted molar refractivity (Wildman–Crippen MR) is 210 cm³/mol. The SMILES string of the molecule is COC1=CC(=O)C=C(C)C1C(=O)Oc1c(C)c(C)c(C(=O)Oc2cc(C)c(C(=O)Oc3c(C)c(C)c(C(=O)O)c(C)c3-c3cccs3)c(C)c2C)c(O)c1Br. The lowest BCUT2D eigenvalue weighted by atomic mass is 9.91. The van der Waals surface area contributed by atoms with Crippen LogP contribution in [0.5, 0.6) is 23.0 Å². The molecule has 1 aliphatic rings. The molecule has 1 aromatic heterocycles. The summed E-state index contributed by atoms with van der Waals surface area (Å²) >= 11 is 4.68. The van der Waals surface area contributed by atoms with Crippen molar-refractivity contribution >= 4 is 56.9 Å². The maximum absolute atomic E-state index is 14.0. The van der Waals surface area contributed by atoms with E-state index in [1.165, 1.54) is 36.7 Å². The fourth-order valence-corrected chi connectivity index (χ4v) is 8.17. The van der Waals surface area contributed by atoms with Crippen LogP contribution in [0.15, 0.2) is 51.5 Å². The van der Waals surface area contributed by atoms with E-state index < -0.39 is 35.5 Å². The van der Waals surface area contributed by atoms with Gasteiger partial charge < -0.3 is 29.2 Å². The fourth-order valence-electron chi connectivity index (χ4n) is 6.77. The summed E-state index contributed by atoms with van der Waals surface area (Å²) in [6.45, 7) is 14.9. The van der Waals surface area contributed by atoms with Gasteiger partial charge in [0, 0.05) is 16.5 Å². The Balaban J connectivity index is 1.46. The zero-order valence-corrected chi connectivity index (χ0v) is 34.3. The highest BCUT2D eigenvalue weighted by Crippen LogP contribution is 2.45. The van der Waals surface area contributed by atoms with Crippen LogP contribution >= 0.6 is 27.3 Å². The summed E-state index contributed by atoms with van der Waals surface area (Å²) in [6, 6.07) is 5.20. The molecule has 5 rings (SSSR count). The number of hydrogen-bond acceptors (Lipinski definition) is 11. The third-order valence-corrected chi connectivity index (χ3v) is 11.7. The smallest absolute Gasteiger partial charge is 0.347 e. The molecule has 4 aromatic rings. The molecule has 0 saturated carbocycles. The molecule has 0 aliphatic heterocycles. The summed E-state index contributed by atoms with van der Waals surface area (Å²) in [6.07, 6.45) is 2.52. The molecule has 2 N–H and O–H groups in total. The largest absolute Gasteiger partial charge is 0.506 e. The zero-order chi connectivity index (χ0) is 40.8. The van der Waals surface area contributed by atoms with Crippen molar-refractivity contribution in [3.8, 4) is 33.4 Å². The van der Waals surface area contributed by atoms with E-state index >= 15 is 0 Å². The molecule has 3 aromatic carbocycles. The van der Waals surface area contributed by atoms with Crippen molar-refractivity contribution in [2.45, 2.75) is 62.3 Å². The Bertz CT molecular complexity index is 2370. The number of halogens is 1. The topological polar surface area (TPSA) is 163 Å². The van der Waals surface area contributed by atoms with Gasteiger partial charge in [-0.3, -0.25) is 9.59 Å². The number of ether oxygens (including phenoxy) is 4. The van der Waals surface area contributed by atoms with E-state index in [2.05, 4.69) is 15.9 Å². The van der Waals surface area contributed by atoms with Crippen molar-refractivity contribution in [3.63, 3.8) is 0 Å². The first-order valence-electron chi connectivity index (χ1n) is 17.0. The number of phenolic OH excluding ortho intramolecular Hbond substituents is 1. The Kier molecular flexibility index (Phi) is 11.6. The van der Waals surface area contributed by atoms with Gasteiger partial charge in [-0.25, -0.2) is 14.4 Å². The van der Waals surface area contributed by atoms with E-state index in [-0.39, 0.29) is 55.5 Å². The first-order chi connectivity index (χ1) is 25.8. The van der Waals surface area contributed by atoms with E-state index in [9.17, 15) is 34.2 Å². The number of aromatic carboxylic acids is 1. The van der Waals surface area contributed by atoms with Crippen molar-refractivity contribution in [3.05, 3.63) is 113 Å². The monoisotopic (exact) mass is 830 g/mol. The summed E-state index contributed by atoms with van der Waals surface area (Å²) < 4.78 is 22.9. The molecule has 55 heavy (non-hydrogen) atoms.